The molecule has 0 saturated heterocycles. The van der Waals surface area contributed by atoms with Crippen LogP contribution in [0.2, 0.25) is 0 Å². The third-order valence-electron chi connectivity index (χ3n) is 2.33. The predicted octanol–water partition coefficient (Wildman–Crippen LogP) is 0.908. The molecule has 0 aliphatic carbocycles. The average Bonchev–Trinajstić information content (AvgIpc) is 2.82. The molecule has 1 atom stereocenters. The fourth-order valence-corrected chi connectivity index (χ4v) is 1.44. The van der Waals surface area contributed by atoms with E-state index in [1.54, 1.807) is 13.0 Å². The van der Waals surface area contributed by atoms with Gasteiger partial charge in [0.2, 0.25) is 0 Å². The molecule has 0 bridgehead atoms. The highest BCUT2D eigenvalue weighted by Gasteiger charge is 2.03. The van der Waals surface area contributed by atoms with Crippen LogP contribution in [0.3, 0.4) is 0 Å². The van der Waals surface area contributed by atoms with Crippen molar-refractivity contribution in [2.24, 2.45) is 0 Å². The number of anilines is 1. The first-order valence-electron chi connectivity index (χ1n) is 5.49. The van der Waals surface area contributed by atoms with Gasteiger partial charge in [-0.05, 0) is 19.1 Å². The monoisotopic (exact) mass is 233 g/mol. The maximum absolute atomic E-state index is 9.41. The van der Waals surface area contributed by atoms with Crippen molar-refractivity contribution in [1.29, 1.82) is 0 Å². The Hall–Kier alpha value is -1.95. The molecule has 0 amide bonds. The molecule has 0 fully saturated rings. The second-order valence-electron chi connectivity index (χ2n) is 3.73. The number of H-pyrrole nitrogens is 1. The Morgan fingerprint density at radius 3 is 3.06 bits per heavy atom. The van der Waals surface area contributed by atoms with Crippen LogP contribution >= 0.6 is 0 Å². The smallest absolute Gasteiger partial charge is 0.137 e. The van der Waals surface area contributed by atoms with Gasteiger partial charge in [-0.2, -0.15) is 5.10 Å². The van der Waals surface area contributed by atoms with E-state index in [0.29, 0.717) is 12.2 Å². The van der Waals surface area contributed by atoms with Gasteiger partial charge < -0.3 is 10.4 Å². The number of pyridine rings is 1. The minimum atomic E-state index is -0.550. The zero-order valence-corrected chi connectivity index (χ0v) is 9.59. The van der Waals surface area contributed by atoms with Crippen LogP contribution in [0.5, 0.6) is 0 Å². The molecule has 0 spiro atoms. The van der Waals surface area contributed by atoms with Crippen LogP contribution < -0.4 is 5.32 Å². The van der Waals surface area contributed by atoms with Crippen molar-refractivity contribution in [2.75, 3.05) is 11.9 Å². The second kappa shape index (κ2) is 5.40. The van der Waals surface area contributed by atoms with Crippen molar-refractivity contribution in [3.05, 3.63) is 36.0 Å². The van der Waals surface area contributed by atoms with E-state index in [1.807, 2.05) is 12.1 Å². The van der Waals surface area contributed by atoms with Gasteiger partial charge in [0.25, 0.3) is 0 Å². The van der Waals surface area contributed by atoms with Gasteiger partial charge in [-0.25, -0.2) is 9.97 Å². The van der Waals surface area contributed by atoms with Crippen LogP contribution in [0.25, 0.3) is 0 Å². The normalized spacial score (nSPS) is 12.4. The molecule has 3 N–H and O–H groups in total. The lowest BCUT2D eigenvalue weighted by Crippen LogP contribution is -2.08. The van der Waals surface area contributed by atoms with Gasteiger partial charge in [0.15, 0.2) is 0 Å². The summed E-state index contributed by atoms with van der Waals surface area (Å²) in [5, 5.41) is 19.1. The maximum atomic E-state index is 9.41. The molecule has 6 heteroatoms. The Morgan fingerprint density at radius 1 is 1.47 bits per heavy atom. The van der Waals surface area contributed by atoms with E-state index in [2.05, 4.69) is 25.5 Å². The lowest BCUT2D eigenvalue weighted by molar-refractivity contribution is 0.194. The first-order chi connectivity index (χ1) is 8.25. The highest BCUT2D eigenvalue weighted by atomic mass is 16.3. The summed E-state index contributed by atoms with van der Waals surface area (Å²) >= 11 is 0. The summed E-state index contributed by atoms with van der Waals surface area (Å²) in [7, 11) is 0. The third kappa shape index (κ3) is 3.25. The molecular weight excluding hydrogens is 218 g/mol. The van der Waals surface area contributed by atoms with Crippen LogP contribution in [-0.4, -0.2) is 31.8 Å². The highest BCUT2D eigenvalue weighted by molar-refractivity contribution is 5.35. The van der Waals surface area contributed by atoms with E-state index >= 15 is 0 Å². The number of rotatable bonds is 5. The molecule has 2 rings (SSSR count). The zero-order valence-electron chi connectivity index (χ0n) is 9.59. The highest BCUT2D eigenvalue weighted by Crippen LogP contribution is 2.11. The predicted molar refractivity (Wildman–Crippen MR) is 63.4 cm³/mol. The number of nitrogens with one attached hydrogen (secondary N) is 2. The maximum Gasteiger partial charge on any atom is 0.137 e. The molecule has 2 aromatic rings. The largest absolute Gasteiger partial charge is 0.387 e. The van der Waals surface area contributed by atoms with E-state index in [0.717, 1.165) is 18.1 Å². The molecule has 0 aliphatic rings. The summed E-state index contributed by atoms with van der Waals surface area (Å²) in [5.41, 5.74) is 0.662. The Kier molecular flexibility index (Phi) is 3.66. The number of hydrogen-bond acceptors (Lipinski definition) is 5. The summed E-state index contributed by atoms with van der Waals surface area (Å²) in [5.74, 6) is 1.59. The first kappa shape index (κ1) is 11.5. The van der Waals surface area contributed by atoms with Crippen molar-refractivity contribution in [3.63, 3.8) is 0 Å². The number of nitrogens with zero attached hydrogens (tertiary/aromatic N) is 3. The van der Waals surface area contributed by atoms with Crippen molar-refractivity contribution in [1.82, 2.24) is 20.2 Å². The van der Waals surface area contributed by atoms with Crippen LogP contribution in [0.1, 0.15) is 24.5 Å². The fraction of sp³-hybridized carbons (Fsp3) is 0.364. The van der Waals surface area contributed by atoms with Gasteiger partial charge in [-0.1, -0.05) is 6.07 Å². The van der Waals surface area contributed by atoms with Crippen LogP contribution in [0.15, 0.2) is 24.5 Å². The topological polar surface area (TPSA) is 86.7 Å². The summed E-state index contributed by atoms with van der Waals surface area (Å²) in [6.07, 6.45) is 1.69. The Morgan fingerprint density at radius 2 is 2.35 bits per heavy atom. The van der Waals surface area contributed by atoms with E-state index < -0.39 is 6.10 Å². The number of hydrogen-bond donors (Lipinski definition) is 3. The molecular formula is C11H15N5O. The molecule has 0 radical (unpaired) electrons. The zero-order chi connectivity index (χ0) is 12.1. The Balaban J connectivity index is 1.88. The van der Waals surface area contributed by atoms with Gasteiger partial charge in [0.1, 0.15) is 18.0 Å². The van der Waals surface area contributed by atoms with Gasteiger partial charge in [-0.3, -0.25) is 5.10 Å². The van der Waals surface area contributed by atoms with Crippen LogP contribution in [0, 0.1) is 0 Å². The lowest BCUT2D eigenvalue weighted by atomic mass is 10.2. The molecule has 0 aliphatic heterocycles. The quantitative estimate of drug-likeness (QED) is 0.714. The number of aliphatic hydroxyl groups excluding tert-OH is 1. The van der Waals surface area contributed by atoms with Gasteiger partial charge in [-0.15, -0.1) is 0 Å². The number of aromatic amines is 1. The van der Waals surface area contributed by atoms with Crippen molar-refractivity contribution >= 4 is 5.82 Å². The van der Waals surface area contributed by atoms with Crippen LogP contribution in [0.4, 0.5) is 5.82 Å². The van der Waals surface area contributed by atoms with Gasteiger partial charge in [0.05, 0.1) is 11.8 Å². The molecule has 2 aromatic heterocycles. The molecule has 0 aromatic carbocycles. The second-order valence-corrected chi connectivity index (χ2v) is 3.73. The molecule has 6 nitrogen and oxygen atoms in total. The van der Waals surface area contributed by atoms with Crippen molar-refractivity contribution < 1.29 is 5.11 Å². The molecule has 17 heavy (non-hydrogen) atoms. The van der Waals surface area contributed by atoms with Crippen molar-refractivity contribution in [2.45, 2.75) is 19.4 Å². The summed E-state index contributed by atoms with van der Waals surface area (Å²) in [6.45, 7) is 2.41. The summed E-state index contributed by atoms with van der Waals surface area (Å²) in [4.78, 5) is 8.31. The SMILES string of the molecule is CC(O)c1cccc(NCCc2ncn[nH]2)n1. The van der Waals surface area contributed by atoms with E-state index in [1.165, 1.54) is 6.33 Å². The molecule has 2 heterocycles. The van der Waals surface area contributed by atoms with Gasteiger partial charge >= 0.3 is 0 Å². The van der Waals surface area contributed by atoms with Gasteiger partial charge in [0, 0.05) is 13.0 Å². The summed E-state index contributed by atoms with van der Waals surface area (Å²) < 4.78 is 0. The minimum absolute atomic E-state index is 0.550. The average molecular weight is 233 g/mol. The lowest BCUT2D eigenvalue weighted by Gasteiger charge is -2.08. The van der Waals surface area contributed by atoms with E-state index in [-0.39, 0.29) is 0 Å². The summed E-state index contributed by atoms with van der Waals surface area (Å²) in [6, 6.07) is 5.53. The molecule has 1 unspecified atom stereocenters. The molecule has 0 saturated carbocycles. The first-order valence-corrected chi connectivity index (χ1v) is 5.49. The van der Waals surface area contributed by atoms with E-state index in [9.17, 15) is 5.11 Å². The third-order valence-corrected chi connectivity index (χ3v) is 2.33. The Bertz CT molecular complexity index is 455. The standard InChI is InChI=1S/C11H15N5O/c1-8(17)9-3-2-4-10(15-9)12-6-5-11-13-7-14-16-11/h2-4,7-8,17H,5-6H2,1H3,(H,12,15)(H,13,14,16). The van der Waals surface area contributed by atoms with E-state index in [4.69, 9.17) is 0 Å². The number of aliphatic hydroxyl groups is 1. The van der Waals surface area contributed by atoms with Crippen molar-refractivity contribution in [3.8, 4) is 0 Å². The number of aromatic nitrogens is 4. The molecule has 90 valence electrons. The fourth-order valence-electron chi connectivity index (χ4n) is 1.44. The minimum Gasteiger partial charge on any atom is -0.387 e. The van der Waals surface area contributed by atoms with Crippen LogP contribution in [-0.2, 0) is 6.42 Å². The Labute approximate surface area is 99.1 Å².